The van der Waals surface area contributed by atoms with E-state index in [0.717, 1.165) is 69.7 Å². The summed E-state index contributed by atoms with van der Waals surface area (Å²) in [6.45, 7) is 4.60. The van der Waals surface area contributed by atoms with Crippen molar-refractivity contribution in [1.29, 1.82) is 0 Å². The van der Waals surface area contributed by atoms with Crippen LogP contribution in [-0.4, -0.2) is 56.6 Å². The molecule has 3 rings (SSSR count). The topological polar surface area (TPSA) is 96.7 Å². The SMILES string of the molecule is COCC1(C(=O)Nc2ccc(CN3CCCC(C(N)=O)C3)cc2)CCNCC1.Cl.Cl. The van der Waals surface area contributed by atoms with Gasteiger partial charge in [-0.3, -0.25) is 14.5 Å². The number of primary amides is 1. The highest BCUT2D eigenvalue weighted by molar-refractivity contribution is 5.95. The van der Waals surface area contributed by atoms with Crippen LogP contribution in [0.15, 0.2) is 24.3 Å². The van der Waals surface area contributed by atoms with Gasteiger partial charge in [-0.05, 0) is 63.0 Å². The molecule has 0 aliphatic carbocycles. The number of carbonyl (C=O) groups is 2. The number of ether oxygens (including phenoxy) is 1. The summed E-state index contributed by atoms with van der Waals surface area (Å²) in [6.07, 6.45) is 3.44. The molecule has 4 N–H and O–H groups in total. The third kappa shape index (κ3) is 6.82. The number of likely N-dealkylation sites (tertiary alicyclic amines) is 1. The Kier molecular flexibility index (Phi) is 11.1. The van der Waals surface area contributed by atoms with E-state index in [-0.39, 0.29) is 42.5 Å². The molecule has 1 atom stereocenters. The van der Waals surface area contributed by atoms with Gasteiger partial charge in [-0.25, -0.2) is 0 Å². The number of piperidine rings is 2. The van der Waals surface area contributed by atoms with Crippen LogP contribution in [0, 0.1) is 11.3 Å². The first-order valence-corrected chi connectivity index (χ1v) is 10.1. The second kappa shape index (κ2) is 12.5. The van der Waals surface area contributed by atoms with Crippen molar-refractivity contribution < 1.29 is 14.3 Å². The van der Waals surface area contributed by atoms with Gasteiger partial charge in [0.25, 0.3) is 0 Å². The summed E-state index contributed by atoms with van der Waals surface area (Å²) >= 11 is 0. The number of benzene rings is 1. The van der Waals surface area contributed by atoms with Crippen molar-refractivity contribution in [1.82, 2.24) is 10.2 Å². The van der Waals surface area contributed by atoms with E-state index in [1.165, 1.54) is 0 Å². The third-order valence-electron chi connectivity index (χ3n) is 5.99. The molecule has 1 unspecified atom stereocenters. The highest BCUT2D eigenvalue weighted by Gasteiger charge is 2.39. The summed E-state index contributed by atoms with van der Waals surface area (Å²) in [7, 11) is 1.65. The first kappa shape index (κ1) is 26.7. The van der Waals surface area contributed by atoms with Crippen LogP contribution in [0.3, 0.4) is 0 Å². The number of anilines is 1. The van der Waals surface area contributed by atoms with Gasteiger partial charge in [-0.15, -0.1) is 24.8 Å². The molecule has 1 aromatic rings. The molecule has 2 amide bonds. The van der Waals surface area contributed by atoms with Gasteiger partial charge in [-0.1, -0.05) is 12.1 Å². The summed E-state index contributed by atoms with van der Waals surface area (Å²) in [4.78, 5) is 26.6. The van der Waals surface area contributed by atoms with E-state index in [1.54, 1.807) is 7.11 Å². The van der Waals surface area contributed by atoms with E-state index >= 15 is 0 Å². The maximum Gasteiger partial charge on any atom is 0.233 e. The van der Waals surface area contributed by atoms with Gasteiger partial charge in [0.2, 0.25) is 11.8 Å². The molecular weight excluding hydrogens is 427 g/mol. The van der Waals surface area contributed by atoms with Crippen LogP contribution in [0.2, 0.25) is 0 Å². The van der Waals surface area contributed by atoms with Crippen LogP contribution in [0.25, 0.3) is 0 Å². The molecule has 7 nitrogen and oxygen atoms in total. The molecule has 0 saturated carbocycles. The molecule has 9 heteroatoms. The first-order chi connectivity index (χ1) is 13.5. The fraction of sp³-hybridized carbons (Fsp3) is 0.619. The lowest BCUT2D eigenvalue weighted by molar-refractivity contribution is -0.130. The van der Waals surface area contributed by atoms with Gasteiger partial charge >= 0.3 is 0 Å². The number of nitrogens with two attached hydrogens (primary N) is 1. The van der Waals surface area contributed by atoms with Gasteiger partial charge in [0, 0.05) is 25.9 Å². The predicted octanol–water partition coefficient (Wildman–Crippen LogP) is 2.18. The van der Waals surface area contributed by atoms with Gasteiger partial charge in [0.05, 0.1) is 17.9 Å². The van der Waals surface area contributed by atoms with Crippen molar-refractivity contribution in [2.75, 3.05) is 45.2 Å². The van der Waals surface area contributed by atoms with Crippen molar-refractivity contribution in [3.63, 3.8) is 0 Å². The summed E-state index contributed by atoms with van der Waals surface area (Å²) in [5.41, 5.74) is 6.97. The number of halogens is 2. The zero-order valence-corrected chi connectivity index (χ0v) is 19.2. The van der Waals surface area contributed by atoms with E-state index in [1.807, 2.05) is 24.3 Å². The van der Waals surface area contributed by atoms with E-state index in [9.17, 15) is 9.59 Å². The standard InChI is InChI=1S/C21H32N4O3.2ClH/c1-28-15-21(8-10-23-11-9-21)20(27)24-18-6-4-16(5-7-18)13-25-12-2-3-17(14-25)19(22)26;;/h4-7,17,23H,2-3,8-15H2,1H3,(H2,22,26)(H,24,27);2*1H. The number of hydrogen-bond acceptors (Lipinski definition) is 5. The minimum absolute atomic E-state index is 0. The smallest absolute Gasteiger partial charge is 0.233 e. The molecule has 0 radical (unpaired) electrons. The molecule has 30 heavy (non-hydrogen) atoms. The van der Waals surface area contributed by atoms with Crippen LogP contribution >= 0.6 is 24.8 Å². The van der Waals surface area contributed by atoms with Crippen LogP contribution in [0.5, 0.6) is 0 Å². The lowest BCUT2D eigenvalue weighted by Gasteiger charge is -2.35. The lowest BCUT2D eigenvalue weighted by atomic mass is 9.78. The molecular formula is C21H34Cl2N4O3. The lowest BCUT2D eigenvalue weighted by Crippen LogP contribution is -2.47. The number of amides is 2. The number of nitrogens with one attached hydrogen (secondary N) is 2. The van der Waals surface area contributed by atoms with Gasteiger partial charge in [0.15, 0.2) is 0 Å². The fourth-order valence-corrected chi connectivity index (χ4v) is 4.27. The van der Waals surface area contributed by atoms with E-state index < -0.39 is 5.41 Å². The average molecular weight is 461 g/mol. The molecule has 2 heterocycles. The second-order valence-electron chi connectivity index (χ2n) is 8.09. The number of rotatable bonds is 7. The molecule has 2 saturated heterocycles. The highest BCUT2D eigenvalue weighted by atomic mass is 35.5. The monoisotopic (exact) mass is 460 g/mol. The Morgan fingerprint density at radius 3 is 2.50 bits per heavy atom. The quantitative estimate of drug-likeness (QED) is 0.579. The van der Waals surface area contributed by atoms with Crippen LogP contribution in [0.1, 0.15) is 31.2 Å². The summed E-state index contributed by atoms with van der Waals surface area (Å²) < 4.78 is 5.35. The zero-order valence-electron chi connectivity index (χ0n) is 17.5. The van der Waals surface area contributed by atoms with Crippen LogP contribution in [-0.2, 0) is 20.9 Å². The number of hydrogen-bond donors (Lipinski definition) is 3. The van der Waals surface area contributed by atoms with Crippen molar-refractivity contribution in [2.45, 2.75) is 32.2 Å². The third-order valence-corrected chi connectivity index (χ3v) is 5.99. The Morgan fingerprint density at radius 1 is 1.23 bits per heavy atom. The van der Waals surface area contributed by atoms with Crippen LogP contribution in [0.4, 0.5) is 5.69 Å². The molecule has 170 valence electrons. The minimum Gasteiger partial charge on any atom is -0.384 e. The van der Waals surface area contributed by atoms with Crippen LogP contribution < -0.4 is 16.4 Å². The van der Waals surface area contributed by atoms with Gasteiger partial charge in [0.1, 0.15) is 0 Å². The maximum atomic E-state index is 12.9. The Bertz CT molecular complexity index is 676. The summed E-state index contributed by atoms with van der Waals surface area (Å²) in [5, 5.41) is 6.37. The molecule has 2 aliphatic rings. The Hall–Kier alpha value is -1.38. The summed E-state index contributed by atoms with van der Waals surface area (Å²) in [5.74, 6) is -0.219. The van der Waals surface area contributed by atoms with Gasteiger partial charge in [-0.2, -0.15) is 0 Å². The second-order valence-corrected chi connectivity index (χ2v) is 8.09. The van der Waals surface area contributed by atoms with Crippen molar-refractivity contribution in [3.05, 3.63) is 29.8 Å². The molecule has 1 aromatic carbocycles. The van der Waals surface area contributed by atoms with E-state index in [4.69, 9.17) is 10.5 Å². The predicted molar refractivity (Wildman–Crippen MR) is 123 cm³/mol. The van der Waals surface area contributed by atoms with E-state index in [0.29, 0.717) is 6.61 Å². The van der Waals surface area contributed by atoms with E-state index in [2.05, 4.69) is 15.5 Å². The number of methoxy groups -OCH3 is 1. The van der Waals surface area contributed by atoms with Crippen molar-refractivity contribution in [2.24, 2.45) is 17.1 Å². The fourth-order valence-electron chi connectivity index (χ4n) is 4.27. The zero-order chi connectivity index (χ0) is 20.0. The Balaban J connectivity index is 0.00000225. The molecule has 0 aromatic heterocycles. The average Bonchev–Trinajstić information content (AvgIpc) is 2.70. The summed E-state index contributed by atoms with van der Waals surface area (Å²) in [6, 6.07) is 7.97. The largest absolute Gasteiger partial charge is 0.384 e. The highest BCUT2D eigenvalue weighted by Crippen LogP contribution is 2.31. The normalized spacial score (nSPS) is 21.0. The van der Waals surface area contributed by atoms with Crippen molar-refractivity contribution >= 4 is 42.3 Å². The Morgan fingerprint density at radius 2 is 1.90 bits per heavy atom. The molecule has 2 fully saturated rings. The maximum absolute atomic E-state index is 12.9. The Labute approximate surface area is 191 Å². The van der Waals surface area contributed by atoms with Crippen molar-refractivity contribution in [3.8, 4) is 0 Å². The number of nitrogens with zero attached hydrogens (tertiary/aromatic N) is 1. The first-order valence-electron chi connectivity index (χ1n) is 10.1. The van der Waals surface area contributed by atoms with Gasteiger partial charge < -0.3 is 21.1 Å². The number of carbonyl (C=O) groups excluding carboxylic acids is 2. The minimum atomic E-state index is -0.462. The molecule has 0 bridgehead atoms. The molecule has 2 aliphatic heterocycles. The molecule has 0 spiro atoms.